The van der Waals surface area contributed by atoms with Crippen LogP contribution in [0.2, 0.25) is 0 Å². The Bertz CT molecular complexity index is 743. The fourth-order valence-corrected chi connectivity index (χ4v) is 2.51. The highest BCUT2D eigenvalue weighted by molar-refractivity contribution is 5.66. The molecule has 8 heteroatoms. The topological polar surface area (TPSA) is 112 Å². The predicted molar refractivity (Wildman–Crippen MR) is 72.7 cm³/mol. The number of fused-ring (bicyclic) bond motifs is 1. The van der Waals surface area contributed by atoms with Crippen molar-refractivity contribution in [3.8, 4) is 11.6 Å². The molecule has 2 N–H and O–H groups in total. The van der Waals surface area contributed by atoms with Gasteiger partial charge >= 0.3 is 6.09 Å². The molecule has 3 heterocycles. The summed E-state index contributed by atoms with van der Waals surface area (Å²) < 4.78 is 0. The number of hydrogen-bond acceptors (Lipinski definition) is 5. The van der Waals surface area contributed by atoms with Crippen LogP contribution in [0.15, 0.2) is 23.3 Å². The largest absolute Gasteiger partial charge is 0.465 e. The zero-order chi connectivity index (χ0) is 15.0. The van der Waals surface area contributed by atoms with Crippen molar-refractivity contribution in [2.75, 3.05) is 6.54 Å². The monoisotopic (exact) mass is 287 g/mol. The van der Waals surface area contributed by atoms with Gasteiger partial charge in [-0.1, -0.05) is 0 Å². The number of H-pyrrole nitrogens is 1. The third-order valence-electron chi connectivity index (χ3n) is 3.53. The summed E-state index contributed by atoms with van der Waals surface area (Å²) in [4.78, 5) is 39.8. The maximum atomic E-state index is 12.3. The number of carboxylic acid groups (broad SMARTS) is 1. The zero-order valence-electron chi connectivity index (χ0n) is 11.3. The molecular weight excluding hydrogens is 274 g/mol. The van der Waals surface area contributed by atoms with E-state index in [1.807, 2.05) is 0 Å². The Morgan fingerprint density at radius 3 is 2.81 bits per heavy atom. The molecule has 2 aromatic heterocycles. The first-order valence-electron chi connectivity index (χ1n) is 6.48. The minimum Gasteiger partial charge on any atom is -0.465 e. The van der Waals surface area contributed by atoms with Crippen molar-refractivity contribution in [2.24, 2.45) is 0 Å². The van der Waals surface area contributed by atoms with Crippen LogP contribution in [0, 0.1) is 0 Å². The molecule has 1 atom stereocenters. The van der Waals surface area contributed by atoms with E-state index in [1.165, 1.54) is 4.90 Å². The van der Waals surface area contributed by atoms with Gasteiger partial charge in [0, 0.05) is 25.4 Å². The highest BCUT2D eigenvalue weighted by Crippen LogP contribution is 2.26. The molecule has 0 bridgehead atoms. The number of amides is 1. The highest BCUT2D eigenvalue weighted by Gasteiger charge is 2.31. The number of hydrogen-bond donors (Lipinski definition) is 2. The molecule has 1 amide bonds. The van der Waals surface area contributed by atoms with Gasteiger partial charge < -0.3 is 15.0 Å². The summed E-state index contributed by atoms with van der Waals surface area (Å²) in [5.41, 5.74) is 0.649. The average molecular weight is 287 g/mol. The maximum absolute atomic E-state index is 12.3. The minimum absolute atomic E-state index is 0.301. The molecule has 1 aliphatic heterocycles. The van der Waals surface area contributed by atoms with Gasteiger partial charge in [-0.05, 0) is 13.0 Å². The second-order valence-electron chi connectivity index (χ2n) is 4.75. The standard InChI is InChI=1S/C13H13N5O3/c1-7-9-8(3-6-18(7)13(20)21)16-11(17-12(9)19)10-14-4-2-5-15-10/h2,4-5,7H,3,6H2,1H3,(H,20,21)(H,16,17,19). The van der Waals surface area contributed by atoms with Gasteiger partial charge in [0.25, 0.3) is 5.56 Å². The van der Waals surface area contributed by atoms with Gasteiger partial charge in [0.15, 0.2) is 11.6 Å². The quantitative estimate of drug-likeness (QED) is 0.803. The molecule has 0 saturated carbocycles. The number of nitrogens with one attached hydrogen (secondary N) is 1. The van der Waals surface area contributed by atoms with Gasteiger partial charge in [0.2, 0.25) is 0 Å². The number of rotatable bonds is 1. The number of aromatic amines is 1. The summed E-state index contributed by atoms with van der Waals surface area (Å²) in [6.45, 7) is 2.00. The number of carbonyl (C=O) groups is 1. The summed E-state index contributed by atoms with van der Waals surface area (Å²) in [7, 11) is 0. The van der Waals surface area contributed by atoms with E-state index in [9.17, 15) is 9.59 Å². The minimum atomic E-state index is -1.04. The van der Waals surface area contributed by atoms with Crippen molar-refractivity contribution in [1.82, 2.24) is 24.8 Å². The third-order valence-corrected chi connectivity index (χ3v) is 3.53. The zero-order valence-corrected chi connectivity index (χ0v) is 11.3. The molecule has 21 heavy (non-hydrogen) atoms. The van der Waals surface area contributed by atoms with Crippen molar-refractivity contribution in [3.63, 3.8) is 0 Å². The Labute approximate surface area is 119 Å². The molecule has 0 fully saturated rings. The molecule has 8 nitrogen and oxygen atoms in total. The molecule has 1 aliphatic rings. The number of nitrogens with zero attached hydrogens (tertiary/aromatic N) is 4. The SMILES string of the molecule is CC1c2c(nc(-c3ncccn3)[nH]c2=O)CCN1C(=O)O. The lowest BCUT2D eigenvalue weighted by molar-refractivity contribution is 0.123. The Morgan fingerprint density at radius 1 is 1.43 bits per heavy atom. The van der Waals surface area contributed by atoms with Crippen LogP contribution in [-0.4, -0.2) is 42.6 Å². The van der Waals surface area contributed by atoms with E-state index >= 15 is 0 Å². The fourth-order valence-electron chi connectivity index (χ4n) is 2.51. The molecule has 0 spiro atoms. The molecular formula is C13H13N5O3. The van der Waals surface area contributed by atoms with Gasteiger partial charge in [0.05, 0.1) is 17.3 Å². The van der Waals surface area contributed by atoms with Crippen molar-refractivity contribution in [1.29, 1.82) is 0 Å². The molecule has 0 aromatic carbocycles. The Morgan fingerprint density at radius 2 is 2.14 bits per heavy atom. The second-order valence-corrected chi connectivity index (χ2v) is 4.75. The Hall–Kier alpha value is -2.77. The van der Waals surface area contributed by atoms with Gasteiger partial charge in [-0.15, -0.1) is 0 Å². The summed E-state index contributed by atoms with van der Waals surface area (Å²) in [6, 6.07) is 1.15. The smallest absolute Gasteiger partial charge is 0.407 e. The van der Waals surface area contributed by atoms with E-state index in [4.69, 9.17) is 5.11 Å². The van der Waals surface area contributed by atoms with Crippen LogP contribution in [0.4, 0.5) is 4.79 Å². The first-order chi connectivity index (χ1) is 10.1. The Kier molecular flexibility index (Phi) is 3.13. The van der Waals surface area contributed by atoms with Gasteiger partial charge in [-0.3, -0.25) is 4.79 Å². The van der Waals surface area contributed by atoms with E-state index in [0.29, 0.717) is 35.9 Å². The van der Waals surface area contributed by atoms with Crippen molar-refractivity contribution < 1.29 is 9.90 Å². The van der Waals surface area contributed by atoms with Crippen molar-refractivity contribution in [2.45, 2.75) is 19.4 Å². The summed E-state index contributed by atoms with van der Waals surface area (Å²) >= 11 is 0. The lowest BCUT2D eigenvalue weighted by Crippen LogP contribution is -2.41. The lowest BCUT2D eigenvalue weighted by atomic mass is 10.00. The molecule has 0 aliphatic carbocycles. The van der Waals surface area contributed by atoms with E-state index in [1.54, 1.807) is 25.4 Å². The van der Waals surface area contributed by atoms with Gasteiger partial charge in [-0.25, -0.2) is 19.7 Å². The van der Waals surface area contributed by atoms with E-state index in [-0.39, 0.29) is 5.56 Å². The van der Waals surface area contributed by atoms with Crippen LogP contribution < -0.4 is 5.56 Å². The van der Waals surface area contributed by atoms with Crippen molar-refractivity contribution >= 4 is 6.09 Å². The van der Waals surface area contributed by atoms with E-state index < -0.39 is 12.1 Å². The van der Waals surface area contributed by atoms with Gasteiger partial charge in [-0.2, -0.15) is 0 Å². The predicted octanol–water partition coefficient (Wildman–Crippen LogP) is 0.824. The second kappa shape index (κ2) is 4.97. The molecule has 0 saturated heterocycles. The van der Waals surface area contributed by atoms with Crippen LogP contribution in [0.25, 0.3) is 11.6 Å². The van der Waals surface area contributed by atoms with Crippen molar-refractivity contribution in [3.05, 3.63) is 40.1 Å². The molecule has 1 unspecified atom stereocenters. The lowest BCUT2D eigenvalue weighted by Gasteiger charge is -2.31. The van der Waals surface area contributed by atoms with Crippen LogP contribution >= 0.6 is 0 Å². The summed E-state index contributed by atoms with van der Waals surface area (Å²) in [6.07, 6.45) is 2.49. The molecule has 2 aromatic rings. The van der Waals surface area contributed by atoms with Crippen LogP contribution in [0.1, 0.15) is 24.2 Å². The molecule has 108 valence electrons. The third kappa shape index (κ3) is 2.24. The normalized spacial score (nSPS) is 17.4. The highest BCUT2D eigenvalue weighted by atomic mass is 16.4. The fraction of sp³-hybridized carbons (Fsp3) is 0.308. The molecule has 0 radical (unpaired) electrons. The maximum Gasteiger partial charge on any atom is 0.407 e. The first-order valence-corrected chi connectivity index (χ1v) is 6.48. The number of aromatic nitrogens is 4. The van der Waals surface area contributed by atoms with Crippen LogP contribution in [0.5, 0.6) is 0 Å². The molecule has 3 rings (SSSR count). The van der Waals surface area contributed by atoms with Crippen LogP contribution in [0.3, 0.4) is 0 Å². The van der Waals surface area contributed by atoms with E-state index in [2.05, 4.69) is 19.9 Å². The first kappa shape index (κ1) is 13.2. The summed E-state index contributed by atoms with van der Waals surface area (Å²) in [5.74, 6) is 0.640. The average Bonchev–Trinajstić information content (AvgIpc) is 2.47. The summed E-state index contributed by atoms with van der Waals surface area (Å²) in [5, 5.41) is 9.13. The van der Waals surface area contributed by atoms with E-state index in [0.717, 1.165) is 0 Å². The Balaban J connectivity index is 2.09. The van der Waals surface area contributed by atoms with Crippen LogP contribution in [-0.2, 0) is 6.42 Å². The van der Waals surface area contributed by atoms with Gasteiger partial charge in [0.1, 0.15) is 0 Å².